The molecule has 6 nitrogen and oxygen atoms in total. The molecular formula is C16H18N4O2S. The Morgan fingerprint density at radius 3 is 2.83 bits per heavy atom. The standard InChI is InChI=1S/C16H18N4O2S/c1-11(21)18-15-19-13-7-8-20(10-14(13)23-15)16(22)17-9-12-5-3-2-4-6-12/h2-6H,7-10H2,1H3,(H,17,22)(H,18,19,21). The Hall–Kier alpha value is -2.41. The predicted octanol–water partition coefficient (Wildman–Crippen LogP) is 2.37. The van der Waals surface area contributed by atoms with Crippen molar-refractivity contribution in [2.24, 2.45) is 0 Å². The van der Waals surface area contributed by atoms with Gasteiger partial charge in [0.2, 0.25) is 5.91 Å². The predicted molar refractivity (Wildman–Crippen MR) is 89.2 cm³/mol. The van der Waals surface area contributed by atoms with Gasteiger partial charge in [0.1, 0.15) is 0 Å². The summed E-state index contributed by atoms with van der Waals surface area (Å²) in [7, 11) is 0. The smallest absolute Gasteiger partial charge is 0.318 e. The molecule has 0 unspecified atom stereocenters. The monoisotopic (exact) mass is 330 g/mol. The van der Waals surface area contributed by atoms with E-state index in [0.717, 1.165) is 16.1 Å². The lowest BCUT2D eigenvalue weighted by atomic mass is 10.2. The van der Waals surface area contributed by atoms with Crippen LogP contribution in [0.3, 0.4) is 0 Å². The molecule has 1 aliphatic heterocycles. The van der Waals surface area contributed by atoms with E-state index in [9.17, 15) is 9.59 Å². The van der Waals surface area contributed by atoms with Crippen LogP contribution < -0.4 is 10.6 Å². The maximum absolute atomic E-state index is 12.3. The topological polar surface area (TPSA) is 74.3 Å². The molecule has 0 radical (unpaired) electrons. The maximum Gasteiger partial charge on any atom is 0.318 e. The molecule has 0 atom stereocenters. The quantitative estimate of drug-likeness (QED) is 0.907. The van der Waals surface area contributed by atoms with Crippen molar-refractivity contribution in [3.05, 3.63) is 46.5 Å². The molecule has 0 saturated carbocycles. The van der Waals surface area contributed by atoms with Crippen LogP contribution in [-0.2, 0) is 24.3 Å². The first kappa shape index (κ1) is 15.5. The fourth-order valence-corrected chi connectivity index (χ4v) is 3.53. The van der Waals surface area contributed by atoms with Gasteiger partial charge in [-0.1, -0.05) is 41.7 Å². The Bertz CT molecular complexity index is 714. The van der Waals surface area contributed by atoms with Crippen LogP contribution in [0.5, 0.6) is 0 Å². The number of hydrogen-bond donors (Lipinski definition) is 2. The fraction of sp³-hybridized carbons (Fsp3) is 0.312. The Morgan fingerprint density at radius 1 is 1.30 bits per heavy atom. The molecule has 23 heavy (non-hydrogen) atoms. The molecule has 3 rings (SSSR count). The summed E-state index contributed by atoms with van der Waals surface area (Å²) in [5.41, 5.74) is 2.05. The van der Waals surface area contributed by atoms with Gasteiger partial charge in [0.05, 0.1) is 12.2 Å². The molecule has 2 heterocycles. The molecule has 0 spiro atoms. The number of rotatable bonds is 3. The van der Waals surface area contributed by atoms with Crippen molar-refractivity contribution in [2.75, 3.05) is 11.9 Å². The first-order valence-corrected chi connectivity index (χ1v) is 8.26. The van der Waals surface area contributed by atoms with E-state index in [0.29, 0.717) is 31.2 Å². The van der Waals surface area contributed by atoms with E-state index in [4.69, 9.17) is 0 Å². The van der Waals surface area contributed by atoms with Crippen molar-refractivity contribution in [1.82, 2.24) is 15.2 Å². The van der Waals surface area contributed by atoms with Crippen molar-refractivity contribution in [1.29, 1.82) is 0 Å². The number of carbonyl (C=O) groups is 2. The summed E-state index contributed by atoms with van der Waals surface area (Å²) in [5, 5.41) is 6.25. The molecule has 2 aromatic rings. The van der Waals surface area contributed by atoms with Gasteiger partial charge in [-0.2, -0.15) is 0 Å². The lowest BCUT2D eigenvalue weighted by Crippen LogP contribution is -2.42. The van der Waals surface area contributed by atoms with Crippen LogP contribution in [0.2, 0.25) is 0 Å². The molecule has 1 aromatic carbocycles. The molecule has 3 amide bonds. The van der Waals surface area contributed by atoms with Crippen molar-refractivity contribution in [2.45, 2.75) is 26.4 Å². The van der Waals surface area contributed by atoms with Gasteiger partial charge in [-0.25, -0.2) is 9.78 Å². The summed E-state index contributed by atoms with van der Waals surface area (Å²) in [6, 6.07) is 9.75. The average Bonchev–Trinajstić information content (AvgIpc) is 2.94. The van der Waals surface area contributed by atoms with Gasteiger partial charge in [-0.05, 0) is 5.56 Å². The van der Waals surface area contributed by atoms with Crippen LogP contribution in [0.25, 0.3) is 0 Å². The van der Waals surface area contributed by atoms with E-state index in [-0.39, 0.29) is 11.9 Å². The van der Waals surface area contributed by atoms with E-state index < -0.39 is 0 Å². The number of nitrogens with zero attached hydrogens (tertiary/aromatic N) is 2. The zero-order valence-electron chi connectivity index (χ0n) is 12.8. The van der Waals surface area contributed by atoms with Crippen LogP contribution in [0.15, 0.2) is 30.3 Å². The fourth-order valence-electron chi connectivity index (χ4n) is 2.46. The van der Waals surface area contributed by atoms with E-state index in [2.05, 4.69) is 15.6 Å². The molecule has 1 aliphatic rings. The number of urea groups is 1. The number of aromatic nitrogens is 1. The van der Waals surface area contributed by atoms with Gasteiger partial charge in [-0.15, -0.1) is 0 Å². The molecule has 2 N–H and O–H groups in total. The number of carbonyl (C=O) groups excluding carboxylic acids is 2. The van der Waals surface area contributed by atoms with Crippen LogP contribution in [0, 0.1) is 0 Å². The summed E-state index contributed by atoms with van der Waals surface area (Å²) >= 11 is 1.43. The number of anilines is 1. The Balaban J connectivity index is 1.59. The summed E-state index contributed by atoms with van der Waals surface area (Å²) in [4.78, 5) is 30.6. The van der Waals surface area contributed by atoms with Gasteiger partial charge >= 0.3 is 6.03 Å². The Kier molecular flexibility index (Phi) is 4.57. The summed E-state index contributed by atoms with van der Waals surface area (Å²) in [6.45, 7) is 3.15. The molecule has 0 aliphatic carbocycles. The average molecular weight is 330 g/mol. The molecule has 0 fully saturated rings. The number of nitrogens with one attached hydrogen (secondary N) is 2. The molecule has 0 saturated heterocycles. The summed E-state index contributed by atoms with van der Waals surface area (Å²) in [5.74, 6) is -0.131. The normalized spacial score (nSPS) is 13.3. The lowest BCUT2D eigenvalue weighted by molar-refractivity contribution is -0.114. The largest absolute Gasteiger partial charge is 0.334 e. The lowest BCUT2D eigenvalue weighted by Gasteiger charge is -2.26. The van der Waals surface area contributed by atoms with E-state index >= 15 is 0 Å². The summed E-state index contributed by atoms with van der Waals surface area (Å²) < 4.78 is 0. The van der Waals surface area contributed by atoms with E-state index in [1.54, 1.807) is 4.90 Å². The molecular weight excluding hydrogens is 312 g/mol. The SMILES string of the molecule is CC(=O)Nc1nc2c(s1)CN(C(=O)NCc1ccccc1)CC2. The van der Waals surface area contributed by atoms with Crippen molar-refractivity contribution >= 4 is 28.4 Å². The minimum absolute atomic E-state index is 0.0750. The van der Waals surface area contributed by atoms with Gasteiger partial charge in [-0.3, -0.25) is 4.79 Å². The summed E-state index contributed by atoms with van der Waals surface area (Å²) in [6.07, 6.45) is 0.712. The highest BCUT2D eigenvalue weighted by Gasteiger charge is 2.24. The van der Waals surface area contributed by atoms with E-state index in [1.807, 2.05) is 30.3 Å². The maximum atomic E-state index is 12.3. The Labute approximate surface area is 138 Å². The van der Waals surface area contributed by atoms with Crippen LogP contribution in [0.4, 0.5) is 9.93 Å². The first-order valence-electron chi connectivity index (χ1n) is 7.44. The highest BCUT2D eigenvalue weighted by atomic mass is 32.1. The van der Waals surface area contributed by atoms with Crippen LogP contribution in [0.1, 0.15) is 23.1 Å². The zero-order valence-corrected chi connectivity index (χ0v) is 13.7. The van der Waals surface area contributed by atoms with Crippen LogP contribution >= 0.6 is 11.3 Å². The third kappa shape index (κ3) is 3.87. The Morgan fingerprint density at radius 2 is 2.09 bits per heavy atom. The third-order valence-corrected chi connectivity index (χ3v) is 4.59. The van der Waals surface area contributed by atoms with Crippen LogP contribution in [-0.4, -0.2) is 28.4 Å². The highest BCUT2D eigenvalue weighted by Crippen LogP contribution is 2.28. The highest BCUT2D eigenvalue weighted by molar-refractivity contribution is 7.15. The molecule has 120 valence electrons. The van der Waals surface area contributed by atoms with Crippen molar-refractivity contribution < 1.29 is 9.59 Å². The molecule has 0 bridgehead atoms. The second-order valence-electron chi connectivity index (χ2n) is 5.39. The number of fused-ring (bicyclic) bond motifs is 1. The van der Waals surface area contributed by atoms with Crippen molar-refractivity contribution in [3.8, 4) is 0 Å². The van der Waals surface area contributed by atoms with Gasteiger partial charge < -0.3 is 15.5 Å². The third-order valence-electron chi connectivity index (χ3n) is 3.59. The first-order chi connectivity index (χ1) is 11.1. The minimum Gasteiger partial charge on any atom is -0.334 e. The minimum atomic E-state index is -0.131. The second-order valence-corrected chi connectivity index (χ2v) is 6.47. The zero-order chi connectivity index (χ0) is 16.2. The van der Waals surface area contributed by atoms with Crippen molar-refractivity contribution in [3.63, 3.8) is 0 Å². The molecule has 1 aromatic heterocycles. The second kappa shape index (κ2) is 6.78. The molecule has 7 heteroatoms. The van der Waals surface area contributed by atoms with Gasteiger partial charge in [0.25, 0.3) is 0 Å². The van der Waals surface area contributed by atoms with Gasteiger partial charge in [0.15, 0.2) is 5.13 Å². The van der Waals surface area contributed by atoms with E-state index in [1.165, 1.54) is 18.3 Å². The van der Waals surface area contributed by atoms with Gasteiger partial charge in [0, 0.05) is 31.3 Å². The number of hydrogen-bond acceptors (Lipinski definition) is 4. The number of amides is 3. The number of thiazole rings is 1. The number of benzene rings is 1.